The van der Waals surface area contributed by atoms with Gasteiger partial charge in [0.25, 0.3) is 0 Å². The van der Waals surface area contributed by atoms with E-state index in [-0.39, 0.29) is 0 Å². The molecular weight excluding hydrogens is 240 g/mol. The van der Waals surface area contributed by atoms with Crippen LogP contribution in [0.3, 0.4) is 0 Å². The Balaban J connectivity index is 2.76. The fourth-order valence-corrected chi connectivity index (χ4v) is 2.00. The Labute approximate surface area is 115 Å². The van der Waals surface area contributed by atoms with Crippen molar-refractivity contribution < 1.29 is 4.74 Å². The summed E-state index contributed by atoms with van der Waals surface area (Å²) in [5, 5.41) is 20.8. The van der Waals surface area contributed by atoms with Gasteiger partial charge < -0.3 is 10.1 Å². The second-order valence-electron chi connectivity index (χ2n) is 4.29. The van der Waals surface area contributed by atoms with Crippen LogP contribution in [0.5, 0.6) is 0 Å². The van der Waals surface area contributed by atoms with Gasteiger partial charge in [0.1, 0.15) is 11.6 Å². The maximum atomic E-state index is 9.31. The third-order valence-corrected chi connectivity index (χ3v) is 3.03. The molecule has 0 spiro atoms. The number of ether oxygens (including phenoxy) is 1. The van der Waals surface area contributed by atoms with E-state index >= 15 is 0 Å². The molecule has 0 saturated carbocycles. The van der Waals surface area contributed by atoms with E-state index in [0.29, 0.717) is 11.4 Å². The average Bonchev–Trinajstić information content (AvgIpc) is 2.45. The summed E-state index contributed by atoms with van der Waals surface area (Å²) in [6.07, 6.45) is 3.59. The lowest BCUT2D eigenvalue weighted by molar-refractivity contribution is 0.194. The standard InChI is InChI=1S/C14H22N4O/c1-4-11-12(10-15)14(18-17-13(11)5-2)16-8-6-7-9-19-3/h4-9H2,1-3H3,(H,16,18). The summed E-state index contributed by atoms with van der Waals surface area (Å²) in [6, 6.07) is 2.25. The van der Waals surface area contributed by atoms with E-state index in [0.717, 1.165) is 50.1 Å². The molecule has 0 atom stereocenters. The minimum atomic E-state index is 0.606. The number of aromatic nitrogens is 2. The molecule has 0 unspecified atom stereocenters. The molecule has 1 rings (SSSR count). The first-order valence-electron chi connectivity index (χ1n) is 6.79. The zero-order chi connectivity index (χ0) is 14.1. The number of anilines is 1. The van der Waals surface area contributed by atoms with Crippen LogP contribution in [0.1, 0.15) is 43.5 Å². The monoisotopic (exact) mass is 262 g/mol. The second kappa shape index (κ2) is 8.44. The van der Waals surface area contributed by atoms with Gasteiger partial charge in [-0.1, -0.05) is 13.8 Å². The molecule has 0 saturated heterocycles. The Bertz CT molecular complexity index is 440. The van der Waals surface area contributed by atoms with Crippen LogP contribution in [0.2, 0.25) is 0 Å². The highest BCUT2D eigenvalue weighted by Gasteiger charge is 2.13. The molecule has 104 valence electrons. The summed E-state index contributed by atoms with van der Waals surface area (Å²) in [4.78, 5) is 0. The van der Waals surface area contributed by atoms with Crippen molar-refractivity contribution in [1.29, 1.82) is 5.26 Å². The zero-order valence-corrected chi connectivity index (χ0v) is 12.0. The van der Waals surface area contributed by atoms with Crippen molar-refractivity contribution in [1.82, 2.24) is 10.2 Å². The number of rotatable bonds is 8. The van der Waals surface area contributed by atoms with E-state index in [4.69, 9.17) is 4.74 Å². The Morgan fingerprint density at radius 2 is 2.00 bits per heavy atom. The minimum absolute atomic E-state index is 0.606. The zero-order valence-electron chi connectivity index (χ0n) is 12.0. The number of nitriles is 1. The number of methoxy groups -OCH3 is 1. The fourth-order valence-electron chi connectivity index (χ4n) is 2.00. The predicted molar refractivity (Wildman–Crippen MR) is 75.1 cm³/mol. The van der Waals surface area contributed by atoms with E-state index < -0.39 is 0 Å². The molecule has 0 radical (unpaired) electrons. The van der Waals surface area contributed by atoms with E-state index in [9.17, 15) is 5.26 Å². The highest BCUT2D eigenvalue weighted by atomic mass is 16.5. The number of nitrogens with zero attached hydrogens (tertiary/aromatic N) is 3. The molecule has 19 heavy (non-hydrogen) atoms. The summed E-state index contributed by atoms with van der Waals surface area (Å²) in [5.41, 5.74) is 2.57. The van der Waals surface area contributed by atoms with Crippen LogP contribution < -0.4 is 5.32 Å². The van der Waals surface area contributed by atoms with Gasteiger partial charge in [-0.2, -0.15) is 10.4 Å². The van der Waals surface area contributed by atoms with Gasteiger partial charge >= 0.3 is 0 Å². The van der Waals surface area contributed by atoms with E-state index in [2.05, 4.69) is 21.6 Å². The third kappa shape index (κ3) is 4.18. The maximum Gasteiger partial charge on any atom is 0.166 e. The van der Waals surface area contributed by atoms with Crippen molar-refractivity contribution >= 4 is 5.82 Å². The molecule has 1 aromatic rings. The summed E-state index contributed by atoms with van der Waals surface area (Å²) < 4.78 is 5.00. The fraction of sp³-hybridized carbons (Fsp3) is 0.643. The van der Waals surface area contributed by atoms with Crippen LogP contribution in [-0.4, -0.2) is 30.5 Å². The van der Waals surface area contributed by atoms with E-state index in [1.54, 1.807) is 7.11 Å². The minimum Gasteiger partial charge on any atom is -0.385 e. The van der Waals surface area contributed by atoms with Crippen molar-refractivity contribution in [2.24, 2.45) is 0 Å². The lowest BCUT2D eigenvalue weighted by atomic mass is 10.0. The molecule has 1 N–H and O–H groups in total. The molecule has 0 aliphatic heterocycles. The van der Waals surface area contributed by atoms with Gasteiger partial charge in [-0.15, -0.1) is 5.10 Å². The largest absolute Gasteiger partial charge is 0.385 e. The van der Waals surface area contributed by atoms with Crippen LogP contribution in [0.25, 0.3) is 0 Å². The van der Waals surface area contributed by atoms with Gasteiger partial charge in [0.2, 0.25) is 0 Å². The summed E-state index contributed by atoms with van der Waals surface area (Å²) in [7, 11) is 1.70. The Morgan fingerprint density at radius 1 is 1.21 bits per heavy atom. The number of nitrogens with one attached hydrogen (secondary N) is 1. The van der Waals surface area contributed by atoms with Crippen LogP contribution in [0, 0.1) is 11.3 Å². The van der Waals surface area contributed by atoms with Crippen molar-refractivity contribution in [2.75, 3.05) is 25.6 Å². The molecular formula is C14H22N4O. The molecule has 0 aliphatic rings. The Kier molecular flexibility index (Phi) is 6.83. The van der Waals surface area contributed by atoms with Gasteiger partial charge in [-0.05, 0) is 31.2 Å². The molecule has 5 heteroatoms. The quantitative estimate of drug-likeness (QED) is 0.728. The van der Waals surface area contributed by atoms with Crippen molar-refractivity contribution in [3.8, 4) is 6.07 Å². The first-order valence-corrected chi connectivity index (χ1v) is 6.79. The number of aryl methyl sites for hydroxylation is 1. The van der Waals surface area contributed by atoms with Crippen LogP contribution in [-0.2, 0) is 17.6 Å². The normalized spacial score (nSPS) is 10.2. The smallest absolute Gasteiger partial charge is 0.166 e. The molecule has 5 nitrogen and oxygen atoms in total. The van der Waals surface area contributed by atoms with Gasteiger partial charge in [0.05, 0.1) is 5.69 Å². The maximum absolute atomic E-state index is 9.31. The molecule has 0 aliphatic carbocycles. The number of unbranched alkanes of at least 4 members (excludes halogenated alkanes) is 1. The second-order valence-corrected chi connectivity index (χ2v) is 4.29. The first kappa shape index (κ1) is 15.4. The number of hydrogen-bond donors (Lipinski definition) is 1. The van der Waals surface area contributed by atoms with Crippen LogP contribution in [0.4, 0.5) is 5.82 Å². The topological polar surface area (TPSA) is 70.8 Å². The predicted octanol–water partition coefficient (Wildman–Crippen LogP) is 2.31. The third-order valence-electron chi connectivity index (χ3n) is 3.03. The van der Waals surface area contributed by atoms with E-state index in [1.807, 2.05) is 13.8 Å². The van der Waals surface area contributed by atoms with E-state index in [1.165, 1.54) is 0 Å². The molecule has 0 amide bonds. The van der Waals surface area contributed by atoms with Gasteiger partial charge in [-0.3, -0.25) is 0 Å². The highest BCUT2D eigenvalue weighted by Crippen LogP contribution is 2.19. The lowest BCUT2D eigenvalue weighted by Crippen LogP contribution is -2.11. The number of hydrogen-bond acceptors (Lipinski definition) is 5. The molecule has 0 fully saturated rings. The van der Waals surface area contributed by atoms with Crippen molar-refractivity contribution in [3.05, 3.63) is 16.8 Å². The average molecular weight is 262 g/mol. The summed E-state index contributed by atoms with van der Waals surface area (Å²) in [6.45, 7) is 5.61. The van der Waals surface area contributed by atoms with Crippen LogP contribution >= 0.6 is 0 Å². The SMILES string of the molecule is CCc1nnc(NCCCCOC)c(C#N)c1CC. The van der Waals surface area contributed by atoms with Gasteiger partial charge in [0, 0.05) is 20.3 Å². The highest BCUT2D eigenvalue weighted by molar-refractivity contribution is 5.56. The molecule has 0 bridgehead atoms. The summed E-state index contributed by atoms with van der Waals surface area (Å²) >= 11 is 0. The molecule has 1 aromatic heterocycles. The van der Waals surface area contributed by atoms with Crippen molar-refractivity contribution in [2.45, 2.75) is 39.5 Å². The van der Waals surface area contributed by atoms with Crippen molar-refractivity contribution in [3.63, 3.8) is 0 Å². The molecule has 1 heterocycles. The summed E-state index contributed by atoms with van der Waals surface area (Å²) in [5.74, 6) is 0.606. The van der Waals surface area contributed by atoms with Crippen LogP contribution in [0.15, 0.2) is 0 Å². The Hall–Kier alpha value is -1.67. The Morgan fingerprint density at radius 3 is 2.58 bits per heavy atom. The first-order chi connectivity index (χ1) is 9.28. The molecule has 0 aromatic carbocycles. The van der Waals surface area contributed by atoms with Gasteiger partial charge in [0.15, 0.2) is 5.82 Å². The lowest BCUT2D eigenvalue weighted by Gasteiger charge is -2.11. The van der Waals surface area contributed by atoms with Gasteiger partial charge in [-0.25, -0.2) is 0 Å².